The largest absolute Gasteiger partial charge is 0.497 e. The fraction of sp³-hybridized carbons (Fsp3) is 0.286. The van der Waals surface area contributed by atoms with Crippen LogP contribution in [0, 0.1) is 0 Å². The molecule has 0 unspecified atom stereocenters. The summed E-state index contributed by atoms with van der Waals surface area (Å²) in [7, 11) is 3.27. The molecule has 5 aromatic rings. The predicted molar refractivity (Wildman–Crippen MR) is 142 cm³/mol. The average molecular weight is 515 g/mol. The molecule has 0 bridgehead atoms. The summed E-state index contributed by atoms with van der Waals surface area (Å²) in [5, 5.41) is 13.6. The lowest BCUT2D eigenvalue weighted by atomic mass is 10.1. The molecule has 5 rings (SSSR count). The van der Waals surface area contributed by atoms with Crippen LogP contribution >= 0.6 is 0 Å². The normalized spacial score (nSPS) is 12.2. The van der Waals surface area contributed by atoms with E-state index in [0.29, 0.717) is 31.0 Å². The van der Waals surface area contributed by atoms with E-state index in [-0.39, 0.29) is 11.6 Å². The molecular formula is C28H30N6O4. The van der Waals surface area contributed by atoms with Crippen molar-refractivity contribution in [1.82, 2.24) is 30.1 Å². The van der Waals surface area contributed by atoms with Crippen LogP contribution in [0.25, 0.3) is 10.9 Å². The topological polar surface area (TPSA) is 111 Å². The summed E-state index contributed by atoms with van der Waals surface area (Å²) < 4.78 is 18.1. The number of pyridine rings is 1. The van der Waals surface area contributed by atoms with Crippen molar-refractivity contribution in [2.24, 2.45) is 0 Å². The van der Waals surface area contributed by atoms with E-state index in [1.54, 1.807) is 25.2 Å². The quantitative estimate of drug-likeness (QED) is 0.277. The molecular weight excluding hydrogens is 484 g/mol. The Hall–Kier alpha value is -4.44. The number of fused-ring (bicyclic) bond motifs is 1. The molecule has 0 spiro atoms. The minimum Gasteiger partial charge on any atom is -0.497 e. The molecule has 1 N–H and O–H groups in total. The zero-order chi connectivity index (χ0) is 26.5. The first-order valence-corrected chi connectivity index (χ1v) is 12.4. The van der Waals surface area contributed by atoms with Gasteiger partial charge in [-0.25, -0.2) is 4.68 Å². The van der Waals surface area contributed by atoms with Crippen LogP contribution in [-0.2, 0) is 19.6 Å². The number of H-pyrrole nitrogens is 1. The van der Waals surface area contributed by atoms with Crippen molar-refractivity contribution in [3.05, 3.63) is 100.0 Å². The van der Waals surface area contributed by atoms with E-state index in [2.05, 4.69) is 32.3 Å². The van der Waals surface area contributed by atoms with Crippen molar-refractivity contribution in [2.45, 2.75) is 39.0 Å². The maximum absolute atomic E-state index is 13.1. The van der Waals surface area contributed by atoms with Crippen LogP contribution in [0.4, 0.5) is 0 Å². The number of nitrogens with zero attached hydrogens (tertiary/aromatic N) is 5. The van der Waals surface area contributed by atoms with Crippen molar-refractivity contribution in [2.75, 3.05) is 14.2 Å². The molecule has 0 saturated carbocycles. The van der Waals surface area contributed by atoms with Gasteiger partial charge in [0.25, 0.3) is 5.56 Å². The van der Waals surface area contributed by atoms with Crippen LogP contribution in [0.3, 0.4) is 0 Å². The highest BCUT2D eigenvalue weighted by atomic mass is 16.5. The number of hydrogen-bond donors (Lipinski definition) is 1. The van der Waals surface area contributed by atoms with Crippen LogP contribution in [0.2, 0.25) is 0 Å². The predicted octanol–water partition coefficient (Wildman–Crippen LogP) is 4.33. The monoisotopic (exact) mass is 514 g/mol. The Bertz CT molecular complexity index is 1540. The van der Waals surface area contributed by atoms with Crippen molar-refractivity contribution in [3.8, 4) is 11.5 Å². The third-order valence-corrected chi connectivity index (χ3v) is 6.62. The van der Waals surface area contributed by atoms with Gasteiger partial charge < -0.3 is 18.9 Å². The molecule has 0 saturated heterocycles. The van der Waals surface area contributed by atoms with E-state index in [1.807, 2.05) is 60.7 Å². The summed E-state index contributed by atoms with van der Waals surface area (Å²) in [5.74, 6) is 3.03. The number of nitrogens with one attached hydrogen (secondary N) is 1. The van der Waals surface area contributed by atoms with Gasteiger partial charge in [-0.2, -0.15) is 0 Å². The number of aromatic amines is 1. The molecule has 10 heteroatoms. The fourth-order valence-corrected chi connectivity index (χ4v) is 4.64. The summed E-state index contributed by atoms with van der Waals surface area (Å²) in [4.78, 5) is 18.3. The van der Waals surface area contributed by atoms with Gasteiger partial charge in [-0.3, -0.25) is 9.69 Å². The fourth-order valence-electron chi connectivity index (χ4n) is 4.64. The zero-order valence-corrected chi connectivity index (χ0v) is 21.6. The minimum atomic E-state index is -0.172. The van der Waals surface area contributed by atoms with Crippen molar-refractivity contribution in [3.63, 3.8) is 0 Å². The van der Waals surface area contributed by atoms with Crippen molar-refractivity contribution >= 4 is 10.9 Å². The third-order valence-electron chi connectivity index (χ3n) is 6.62. The Balaban J connectivity index is 1.48. The Morgan fingerprint density at radius 1 is 1.03 bits per heavy atom. The number of benzene rings is 2. The summed E-state index contributed by atoms with van der Waals surface area (Å²) in [5.41, 5.74) is 2.30. The van der Waals surface area contributed by atoms with Gasteiger partial charge in [-0.1, -0.05) is 19.1 Å². The maximum Gasteiger partial charge on any atom is 0.252 e. The summed E-state index contributed by atoms with van der Waals surface area (Å²) in [6.07, 6.45) is 2.38. The Labute approximate surface area is 219 Å². The van der Waals surface area contributed by atoms with E-state index in [1.165, 1.54) is 0 Å². The van der Waals surface area contributed by atoms with E-state index in [4.69, 9.17) is 13.9 Å². The maximum atomic E-state index is 13.1. The molecule has 2 aromatic carbocycles. The zero-order valence-electron chi connectivity index (χ0n) is 21.6. The molecule has 0 amide bonds. The Morgan fingerprint density at radius 2 is 1.82 bits per heavy atom. The molecule has 0 aliphatic carbocycles. The molecule has 196 valence electrons. The standard InChI is InChI=1S/C28H30N6O4/c1-4-26(27-30-31-32-34(27)16-19-7-9-22(36-2)10-8-19)33(18-24-6-5-13-38-24)17-21-14-20-15-23(37-3)11-12-25(20)29-28(21)35/h5-15,26H,4,16-18H2,1-3H3,(H,29,35)/t26-/m0/s1. The molecule has 10 nitrogen and oxygen atoms in total. The highest BCUT2D eigenvalue weighted by Gasteiger charge is 2.27. The molecule has 38 heavy (non-hydrogen) atoms. The second kappa shape index (κ2) is 11.3. The third kappa shape index (κ3) is 5.45. The molecule has 0 fully saturated rings. The van der Waals surface area contributed by atoms with Crippen molar-refractivity contribution < 1.29 is 13.9 Å². The van der Waals surface area contributed by atoms with Crippen molar-refractivity contribution in [1.29, 1.82) is 0 Å². The Kier molecular flexibility index (Phi) is 7.50. The van der Waals surface area contributed by atoms with Gasteiger partial charge in [0.05, 0.1) is 39.6 Å². The molecule has 0 aliphatic rings. The second-order valence-corrected chi connectivity index (χ2v) is 9.03. The smallest absolute Gasteiger partial charge is 0.252 e. The van der Waals surface area contributed by atoms with Gasteiger partial charge in [0.2, 0.25) is 0 Å². The van der Waals surface area contributed by atoms with Gasteiger partial charge in [0.15, 0.2) is 5.82 Å². The first kappa shape index (κ1) is 25.2. The summed E-state index contributed by atoms with van der Waals surface area (Å²) >= 11 is 0. The van der Waals surface area contributed by atoms with Crippen LogP contribution in [0.15, 0.2) is 76.1 Å². The van der Waals surface area contributed by atoms with E-state index < -0.39 is 0 Å². The minimum absolute atomic E-state index is 0.139. The van der Waals surface area contributed by atoms with Gasteiger partial charge >= 0.3 is 0 Å². The number of ether oxygens (including phenoxy) is 2. The highest BCUT2D eigenvalue weighted by molar-refractivity contribution is 5.80. The number of aromatic nitrogens is 5. The van der Waals surface area contributed by atoms with Crippen LogP contribution in [0.1, 0.15) is 42.1 Å². The second-order valence-electron chi connectivity index (χ2n) is 9.03. The lowest BCUT2D eigenvalue weighted by Gasteiger charge is -2.29. The van der Waals surface area contributed by atoms with Crippen LogP contribution in [-0.4, -0.2) is 44.3 Å². The number of tetrazole rings is 1. The summed E-state index contributed by atoms with van der Waals surface area (Å²) in [6.45, 7) is 3.45. The molecule has 1 atom stereocenters. The van der Waals surface area contributed by atoms with Gasteiger partial charge in [-0.05, 0) is 70.9 Å². The Morgan fingerprint density at radius 3 is 2.53 bits per heavy atom. The van der Waals surface area contributed by atoms with Crippen LogP contribution in [0.5, 0.6) is 11.5 Å². The van der Waals surface area contributed by atoms with E-state index in [9.17, 15) is 4.79 Å². The molecule has 3 heterocycles. The van der Waals surface area contributed by atoms with Gasteiger partial charge in [0.1, 0.15) is 17.3 Å². The van der Waals surface area contributed by atoms with Gasteiger partial charge in [0, 0.05) is 23.0 Å². The summed E-state index contributed by atoms with van der Waals surface area (Å²) in [6, 6.07) is 18.9. The molecule has 0 aliphatic heterocycles. The average Bonchev–Trinajstić information content (AvgIpc) is 3.62. The van der Waals surface area contributed by atoms with Gasteiger partial charge in [-0.15, -0.1) is 5.10 Å². The number of furan rings is 1. The first-order chi connectivity index (χ1) is 18.6. The number of hydrogen-bond acceptors (Lipinski definition) is 8. The molecule has 0 radical (unpaired) electrons. The SMILES string of the molecule is CC[C@@H](c1nnnn1Cc1ccc(OC)cc1)N(Cc1ccco1)Cc1cc2cc(OC)ccc2[nH]c1=O. The van der Waals surface area contributed by atoms with Crippen LogP contribution < -0.4 is 15.0 Å². The first-order valence-electron chi connectivity index (χ1n) is 12.4. The molecule has 3 aromatic heterocycles. The lowest BCUT2D eigenvalue weighted by molar-refractivity contribution is 0.149. The van der Waals surface area contributed by atoms with E-state index in [0.717, 1.165) is 40.1 Å². The number of methoxy groups -OCH3 is 2. The van der Waals surface area contributed by atoms with E-state index >= 15 is 0 Å². The highest BCUT2D eigenvalue weighted by Crippen LogP contribution is 2.27. The lowest BCUT2D eigenvalue weighted by Crippen LogP contribution is -2.32. The number of rotatable bonds is 11.